The number of allylic oxidation sites excluding steroid dienone is 1. The van der Waals surface area contributed by atoms with E-state index in [9.17, 15) is 4.79 Å². The lowest BCUT2D eigenvalue weighted by Crippen LogP contribution is -2.27. The summed E-state index contributed by atoms with van der Waals surface area (Å²) in [5.74, 6) is 2.72. The number of hydrogen-bond donors (Lipinski definition) is 1. The number of nitrogens with one attached hydrogen (secondary N) is 1. The minimum atomic E-state index is 0.466. The smallest absolute Gasteiger partial charge is 0.132 e. The molecular weight excluding hydrogens is 478 g/mol. The van der Waals surface area contributed by atoms with Gasteiger partial charge in [-0.25, -0.2) is 9.97 Å². The molecular formula is C35H49N3O. The Labute approximate surface area is 236 Å². The first-order chi connectivity index (χ1) is 19.2. The van der Waals surface area contributed by atoms with E-state index < -0.39 is 0 Å². The van der Waals surface area contributed by atoms with Gasteiger partial charge in [-0.3, -0.25) is 4.79 Å². The van der Waals surface area contributed by atoms with E-state index in [1.54, 1.807) is 6.33 Å². The van der Waals surface area contributed by atoms with Crippen molar-refractivity contribution in [2.45, 2.75) is 115 Å². The van der Waals surface area contributed by atoms with Crippen LogP contribution in [0.3, 0.4) is 0 Å². The summed E-state index contributed by atoms with van der Waals surface area (Å²) in [4.78, 5) is 21.7. The van der Waals surface area contributed by atoms with E-state index >= 15 is 0 Å². The topological polar surface area (TPSA) is 54.9 Å². The average Bonchev–Trinajstić information content (AvgIpc) is 2.95. The van der Waals surface area contributed by atoms with E-state index in [4.69, 9.17) is 4.98 Å². The lowest BCUT2D eigenvalue weighted by atomic mass is 9.80. The Kier molecular flexibility index (Phi) is 10.8. The van der Waals surface area contributed by atoms with E-state index in [0.29, 0.717) is 11.7 Å². The van der Waals surface area contributed by atoms with Crippen molar-refractivity contribution >= 4 is 11.9 Å². The molecule has 1 N–H and O–H groups in total. The van der Waals surface area contributed by atoms with Crippen LogP contribution >= 0.6 is 0 Å². The van der Waals surface area contributed by atoms with Crippen LogP contribution in [0.5, 0.6) is 0 Å². The van der Waals surface area contributed by atoms with Gasteiger partial charge in [-0.15, -0.1) is 0 Å². The first-order valence-corrected chi connectivity index (χ1v) is 16.0. The Morgan fingerprint density at radius 3 is 2.59 bits per heavy atom. The zero-order valence-corrected chi connectivity index (χ0v) is 24.0. The van der Waals surface area contributed by atoms with Gasteiger partial charge in [-0.2, -0.15) is 0 Å². The molecule has 4 heteroatoms. The number of fused-ring (bicyclic) bond motifs is 1. The second kappa shape index (κ2) is 14.9. The van der Waals surface area contributed by atoms with E-state index in [0.717, 1.165) is 76.3 Å². The lowest BCUT2D eigenvalue weighted by Gasteiger charge is -2.26. The third-order valence-electron chi connectivity index (χ3n) is 9.56. The van der Waals surface area contributed by atoms with Crippen molar-refractivity contribution in [1.29, 1.82) is 0 Å². The zero-order chi connectivity index (χ0) is 26.7. The van der Waals surface area contributed by atoms with Gasteiger partial charge >= 0.3 is 0 Å². The summed E-state index contributed by atoms with van der Waals surface area (Å²) in [6, 6.07) is 9.31. The monoisotopic (exact) mass is 527 g/mol. The fourth-order valence-corrected chi connectivity index (χ4v) is 7.23. The maximum absolute atomic E-state index is 12.4. The molecule has 4 nitrogen and oxygen atoms in total. The van der Waals surface area contributed by atoms with Crippen molar-refractivity contribution in [3.8, 4) is 0 Å². The maximum Gasteiger partial charge on any atom is 0.132 e. The predicted octanol–water partition coefficient (Wildman–Crippen LogP) is 7.79. The number of aromatic nitrogens is 2. The summed E-state index contributed by atoms with van der Waals surface area (Å²) in [6.07, 6.45) is 25.8. The Hall–Kier alpha value is -2.33. The first-order valence-electron chi connectivity index (χ1n) is 16.0. The summed E-state index contributed by atoms with van der Waals surface area (Å²) in [7, 11) is 0. The van der Waals surface area contributed by atoms with Crippen LogP contribution in [0.25, 0.3) is 6.08 Å². The highest BCUT2D eigenvalue weighted by atomic mass is 16.1. The minimum Gasteiger partial charge on any atom is -0.317 e. The van der Waals surface area contributed by atoms with Gasteiger partial charge in [0.1, 0.15) is 12.1 Å². The van der Waals surface area contributed by atoms with Crippen molar-refractivity contribution in [1.82, 2.24) is 15.3 Å². The molecule has 1 aromatic heterocycles. The fraction of sp³-hybridized carbons (Fsp3) is 0.629. The van der Waals surface area contributed by atoms with Gasteiger partial charge in [0.15, 0.2) is 0 Å². The van der Waals surface area contributed by atoms with E-state index in [2.05, 4.69) is 46.7 Å². The average molecular weight is 528 g/mol. The molecule has 2 heterocycles. The van der Waals surface area contributed by atoms with E-state index in [-0.39, 0.29) is 0 Å². The van der Waals surface area contributed by atoms with Crippen LogP contribution < -0.4 is 5.32 Å². The molecule has 0 amide bonds. The number of rotatable bonds is 11. The molecule has 1 aliphatic heterocycles. The molecule has 0 spiro atoms. The number of benzene rings is 1. The Bertz CT molecular complexity index is 1080. The molecule has 0 unspecified atom stereocenters. The van der Waals surface area contributed by atoms with Crippen LogP contribution in [-0.4, -0.2) is 28.8 Å². The second-order valence-corrected chi connectivity index (χ2v) is 12.5. The SMILES string of the molecule is O=C(CCCc1cccc(C2CCCC(Cc3ncnc4c3C=CCC4)CCC2)c1)CCCC1CCNCC1. The number of hydrogen-bond acceptors (Lipinski definition) is 4. The first kappa shape index (κ1) is 28.2. The van der Waals surface area contributed by atoms with Crippen molar-refractivity contribution in [2.75, 3.05) is 13.1 Å². The number of nitrogens with zero attached hydrogens (tertiary/aromatic N) is 2. The quantitative estimate of drug-likeness (QED) is 0.324. The van der Waals surface area contributed by atoms with Crippen LogP contribution in [0.4, 0.5) is 0 Å². The van der Waals surface area contributed by atoms with Gasteiger partial charge in [-0.05, 0) is 113 Å². The van der Waals surface area contributed by atoms with E-state index in [1.807, 2.05) is 0 Å². The van der Waals surface area contributed by atoms with Crippen LogP contribution in [0.15, 0.2) is 36.7 Å². The summed E-state index contributed by atoms with van der Waals surface area (Å²) in [5.41, 5.74) is 6.75. The zero-order valence-electron chi connectivity index (χ0n) is 24.0. The number of ketones is 1. The van der Waals surface area contributed by atoms with Crippen LogP contribution in [0.1, 0.15) is 124 Å². The molecule has 39 heavy (non-hydrogen) atoms. The molecule has 210 valence electrons. The van der Waals surface area contributed by atoms with Gasteiger partial charge in [0.05, 0.1) is 11.4 Å². The number of piperidine rings is 1. The highest BCUT2D eigenvalue weighted by molar-refractivity contribution is 5.78. The van der Waals surface area contributed by atoms with Crippen molar-refractivity contribution in [3.63, 3.8) is 0 Å². The highest BCUT2D eigenvalue weighted by Gasteiger charge is 2.21. The van der Waals surface area contributed by atoms with Gasteiger partial charge in [0.2, 0.25) is 0 Å². The van der Waals surface area contributed by atoms with Gasteiger partial charge in [0, 0.05) is 18.4 Å². The van der Waals surface area contributed by atoms with Crippen LogP contribution in [0, 0.1) is 11.8 Å². The van der Waals surface area contributed by atoms with Crippen LogP contribution in [-0.2, 0) is 24.1 Å². The predicted molar refractivity (Wildman–Crippen MR) is 161 cm³/mol. The number of carbonyl (C=O) groups excluding carboxylic acids is 1. The molecule has 0 bridgehead atoms. The summed E-state index contributed by atoms with van der Waals surface area (Å²) in [5, 5.41) is 3.43. The van der Waals surface area contributed by atoms with Crippen molar-refractivity contribution in [2.24, 2.45) is 11.8 Å². The molecule has 0 atom stereocenters. The van der Waals surface area contributed by atoms with Crippen LogP contribution in [0.2, 0.25) is 0 Å². The lowest BCUT2D eigenvalue weighted by molar-refractivity contribution is -0.119. The van der Waals surface area contributed by atoms with Gasteiger partial charge < -0.3 is 5.32 Å². The second-order valence-electron chi connectivity index (χ2n) is 12.5. The number of carbonyl (C=O) groups is 1. The normalized spacial score (nSPS) is 22.2. The summed E-state index contributed by atoms with van der Waals surface area (Å²) in [6.45, 7) is 2.31. The Morgan fingerprint density at radius 2 is 1.74 bits per heavy atom. The third-order valence-corrected chi connectivity index (χ3v) is 9.56. The third kappa shape index (κ3) is 8.58. The minimum absolute atomic E-state index is 0.466. The molecule has 1 saturated carbocycles. The Balaban J connectivity index is 1.04. The maximum atomic E-state index is 12.4. The van der Waals surface area contributed by atoms with E-state index in [1.165, 1.54) is 85.9 Å². The molecule has 2 aromatic rings. The highest BCUT2D eigenvalue weighted by Crippen LogP contribution is 2.35. The molecule has 3 aliphatic rings. The molecule has 5 rings (SSSR count). The molecule has 2 fully saturated rings. The number of aryl methyl sites for hydroxylation is 2. The molecule has 0 radical (unpaired) electrons. The van der Waals surface area contributed by atoms with Gasteiger partial charge in [0.25, 0.3) is 0 Å². The molecule has 2 aliphatic carbocycles. The van der Waals surface area contributed by atoms with Crippen molar-refractivity contribution < 1.29 is 4.79 Å². The Morgan fingerprint density at radius 1 is 0.923 bits per heavy atom. The number of Topliss-reactive ketones (excluding diaryl/α,β-unsaturated/α-hetero) is 1. The van der Waals surface area contributed by atoms with Gasteiger partial charge in [-0.1, -0.05) is 62.1 Å². The standard InChI is InChI=1S/C35H49N3O/c39-32(16-6-8-27-20-22-36-23-21-27)17-7-12-28-9-5-15-31(24-28)30-13-3-10-29(11-4-14-30)25-35-33-18-1-2-19-34(33)37-26-38-35/h1,5,9,15,18,24,26-27,29-30,36H,2-4,6-8,10-14,16-17,19-23,25H2. The summed E-state index contributed by atoms with van der Waals surface area (Å²) < 4.78 is 0. The molecule has 1 aromatic carbocycles. The largest absolute Gasteiger partial charge is 0.317 e. The molecule has 1 saturated heterocycles. The van der Waals surface area contributed by atoms with Crippen molar-refractivity contribution in [3.05, 3.63) is 64.7 Å². The fourth-order valence-electron chi connectivity index (χ4n) is 7.23. The summed E-state index contributed by atoms with van der Waals surface area (Å²) >= 11 is 0.